The molecule has 0 saturated heterocycles. The zero-order valence-electron chi connectivity index (χ0n) is 8.63. The third kappa shape index (κ3) is 6.03. The molecule has 0 bridgehead atoms. The molecule has 0 aliphatic heterocycles. The third-order valence-corrected chi connectivity index (χ3v) is 2.48. The molecule has 6 heteroatoms. The van der Waals surface area contributed by atoms with E-state index < -0.39 is 11.4 Å². The lowest BCUT2D eigenvalue weighted by Crippen LogP contribution is -2.34. The average Bonchev–Trinajstić information content (AvgIpc) is 2.18. The summed E-state index contributed by atoms with van der Waals surface area (Å²) in [6.07, 6.45) is 0.939. The van der Waals surface area contributed by atoms with E-state index in [0.717, 1.165) is 0 Å². The topological polar surface area (TPSA) is 121 Å². The molecule has 0 amide bonds. The summed E-state index contributed by atoms with van der Waals surface area (Å²) >= 11 is 0. The molecule has 92 valence electrons. The summed E-state index contributed by atoms with van der Waals surface area (Å²) < 4.78 is 0. The second-order valence-corrected chi connectivity index (χ2v) is 3.96. The molecule has 0 atom stereocenters. The first-order valence-electron chi connectivity index (χ1n) is 4.89. The van der Waals surface area contributed by atoms with Crippen LogP contribution >= 0.6 is 0 Å². The first kappa shape index (κ1) is 14.8. The maximum atomic E-state index is 8.97. The number of hydrogen-bond donors (Lipinski definition) is 6. The number of aliphatic hydroxyl groups is 6. The van der Waals surface area contributed by atoms with Crippen LogP contribution in [0.25, 0.3) is 0 Å². The Bertz CT molecular complexity index is 152. The number of rotatable bonds is 8. The van der Waals surface area contributed by atoms with Gasteiger partial charge in [0.2, 0.25) is 0 Å². The van der Waals surface area contributed by atoms with Gasteiger partial charge in [-0.2, -0.15) is 0 Å². The van der Waals surface area contributed by atoms with E-state index in [1.54, 1.807) is 0 Å². The molecule has 0 aromatic rings. The molecule has 0 aromatic heterocycles. The van der Waals surface area contributed by atoms with Crippen LogP contribution in [0.5, 0.6) is 0 Å². The average molecular weight is 224 g/mol. The van der Waals surface area contributed by atoms with Crippen molar-refractivity contribution in [2.75, 3.05) is 19.8 Å². The highest BCUT2D eigenvalue weighted by Crippen LogP contribution is 2.24. The first-order valence-corrected chi connectivity index (χ1v) is 4.89. The Morgan fingerprint density at radius 3 is 1.40 bits per heavy atom. The monoisotopic (exact) mass is 224 g/mol. The predicted octanol–water partition coefficient (Wildman–Crippen LogP) is -1.86. The van der Waals surface area contributed by atoms with Crippen LogP contribution in [-0.2, 0) is 0 Å². The number of hydrogen-bond acceptors (Lipinski definition) is 6. The highest BCUT2D eigenvalue weighted by Gasteiger charge is 2.27. The fourth-order valence-corrected chi connectivity index (χ4v) is 1.25. The van der Waals surface area contributed by atoms with Gasteiger partial charge in [-0.05, 0) is 12.8 Å². The molecule has 6 nitrogen and oxygen atoms in total. The lowest BCUT2D eigenvalue weighted by molar-refractivity contribution is -0.315. The second kappa shape index (κ2) is 6.37. The van der Waals surface area contributed by atoms with E-state index in [0.29, 0.717) is 19.3 Å². The van der Waals surface area contributed by atoms with Gasteiger partial charge in [0.05, 0.1) is 19.8 Å². The van der Waals surface area contributed by atoms with E-state index in [1.165, 1.54) is 0 Å². The van der Waals surface area contributed by atoms with Crippen LogP contribution in [0, 0.1) is 5.41 Å². The fourth-order valence-electron chi connectivity index (χ4n) is 1.25. The van der Waals surface area contributed by atoms with Gasteiger partial charge >= 0.3 is 0 Å². The third-order valence-electron chi connectivity index (χ3n) is 2.48. The Morgan fingerprint density at radius 2 is 1.07 bits per heavy atom. The SMILES string of the molecule is OCC(CO)(CO)CCCCC(O)(O)O. The smallest absolute Gasteiger partial charge is 0.275 e. The van der Waals surface area contributed by atoms with E-state index in [1.807, 2.05) is 0 Å². The first-order chi connectivity index (χ1) is 6.89. The molecule has 6 N–H and O–H groups in total. The second-order valence-electron chi connectivity index (χ2n) is 3.96. The van der Waals surface area contributed by atoms with E-state index in [-0.39, 0.29) is 26.2 Å². The Labute approximate surface area is 88.4 Å². The molecular weight excluding hydrogens is 204 g/mol. The van der Waals surface area contributed by atoms with Crippen molar-refractivity contribution in [2.45, 2.75) is 31.7 Å². The molecule has 15 heavy (non-hydrogen) atoms. The van der Waals surface area contributed by atoms with Gasteiger partial charge in [-0.1, -0.05) is 6.42 Å². The summed E-state index contributed by atoms with van der Waals surface area (Å²) in [5.74, 6) is -2.67. The summed E-state index contributed by atoms with van der Waals surface area (Å²) in [6, 6.07) is 0. The highest BCUT2D eigenvalue weighted by atomic mass is 16.7. The lowest BCUT2D eigenvalue weighted by Gasteiger charge is -2.27. The molecule has 0 aromatic carbocycles. The summed E-state index contributed by atoms with van der Waals surface area (Å²) in [5.41, 5.74) is -0.928. The fraction of sp³-hybridized carbons (Fsp3) is 1.00. The maximum absolute atomic E-state index is 8.97. The van der Waals surface area contributed by atoms with Crippen molar-refractivity contribution in [2.24, 2.45) is 5.41 Å². The molecule has 0 unspecified atom stereocenters. The standard InChI is InChI=1S/C9H20O6/c10-5-8(6-11,7-12)3-1-2-4-9(13,14)15/h10-15H,1-7H2. The summed E-state index contributed by atoms with van der Waals surface area (Å²) in [4.78, 5) is 0. The van der Waals surface area contributed by atoms with E-state index in [2.05, 4.69) is 0 Å². The molecule has 0 aliphatic rings. The minimum absolute atomic E-state index is 0.203. The quantitative estimate of drug-likeness (QED) is 0.212. The Kier molecular flexibility index (Phi) is 6.26. The lowest BCUT2D eigenvalue weighted by atomic mass is 9.85. The van der Waals surface area contributed by atoms with Crippen molar-refractivity contribution in [3.05, 3.63) is 0 Å². The van der Waals surface area contributed by atoms with Crippen LogP contribution in [0.4, 0.5) is 0 Å². The van der Waals surface area contributed by atoms with E-state index in [9.17, 15) is 0 Å². The van der Waals surface area contributed by atoms with E-state index in [4.69, 9.17) is 30.6 Å². The summed E-state index contributed by atoms with van der Waals surface area (Å²) in [5, 5.41) is 52.6. The minimum Gasteiger partial charge on any atom is -0.396 e. The largest absolute Gasteiger partial charge is 0.396 e. The highest BCUT2D eigenvalue weighted by molar-refractivity contribution is 4.76. The molecule has 0 radical (unpaired) electrons. The van der Waals surface area contributed by atoms with Crippen LogP contribution in [0.3, 0.4) is 0 Å². The maximum Gasteiger partial charge on any atom is 0.275 e. The molecule has 0 heterocycles. The number of unbranched alkanes of at least 4 members (excludes halogenated alkanes) is 1. The van der Waals surface area contributed by atoms with Gasteiger partial charge in [0, 0.05) is 11.8 Å². The van der Waals surface area contributed by atoms with Gasteiger partial charge in [0.1, 0.15) is 0 Å². The number of aliphatic hydroxyl groups excluding tert-OH is 3. The van der Waals surface area contributed by atoms with Gasteiger partial charge in [-0.25, -0.2) is 0 Å². The van der Waals surface area contributed by atoms with Crippen LogP contribution in [0.2, 0.25) is 0 Å². The van der Waals surface area contributed by atoms with Crippen molar-refractivity contribution in [1.82, 2.24) is 0 Å². The van der Waals surface area contributed by atoms with Gasteiger partial charge < -0.3 is 30.6 Å². The zero-order chi connectivity index (χ0) is 11.9. The van der Waals surface area contributed by atoms with Crippen LogP contribution in [-0.4, -0.2) is 56.4 Å². The predicted molar refractivity (Wildman–Crippen MR) is 51.5 cm³/mol. The van der Waals surface area contributed by atoms with Crippen LogP contribution < -0.4 is 0 Å². The normalized spacial score (nSPS) is 13.2. The van der Waals surface area contributed by atoms with Crippen molar-refractivity contribution < 1.29 is 30.6 Å². The Hall–Kier alpha value is -0.240. The molecule has 0 fully saturated rings. The molecule has 0 rings (SSSR count). The van der Waals surface area contributed by atoms with Gasteiger partial charge in [0.15, 0.2) is 0 Å². The molecule has 0 aliphatic carbocycles. The summed E-state index contributed by atoms with van der Waals surface area (Å²) in [6.45, 7) is -0.993. The van der Waals surface area contributed by atoms with Crippen molar-refractivity contribution in [1.29, 1.82) is 0 Å². The molecular formula is C9H20O6. The zero-order valence-corrected chi connectivity index (χ0v) is 8.63. The Balaban J connectivity index is 3.82. The summed E-state index contributed by atoms with van der Waals surface area (Å²) in [7, 11) is 0. The van der Waals surface area contributed by atoms with Gasteiger partial charge in [0.25, 0.3) is 5.97 Å². The minimum atomic E-state index is -2.67. The molecule has 0 saturated carbocycles. The van der Waals surface area contributed by atoms with Crippen LogP contribution in [0.1, 0.15) is 25.7 Å². The van der Waals surface area contributed by atoms with E-state index >= 15 is 0 Å². The van der Waals surface area contributed by atoms with Crippen LogP contribution in [0.15, 0.2) is 0 Å². The molecule has 0 spiro atoms. The van der Waals surface area contributed by atoms with Crippen molar-refractivity contribution in [3.8, 4) is 0 Å². The van der Waals surface area contributed by atoms with Crippen molar-refractivity contribution >= 4 is 0 Å². The van der Waals surface area contributed by atoms with Gasteiger partial charge in [-0.3, -0.25) is 0 Å². The Morgan fingerprint density at radius 1 is 0.667 bits per heavy atom. The van der Waals surface area contributed by atoms with Crippen molar-refractivity contribution in [3.63, 3.8) is 0 Å². The van der Waals surface area contributed by atoms with Gasteiger partial charge in [-0.15, -0.1) is 0 Å².